The summed E-state index contributed by atoms with van der Waals surface area (Å²) in [5.41, 5.74) is -1.13. The summed E-state index contributed by atoms with van der Waals surface area (Å²) in [6, 6.07) is 4.74. The molecule has 0 saturated heterocycles. The van der Waals surface area contributed by atoms with Gasteiger partial charge in [-0.2, -0.15) is 18.3 Å². The molecule has 0 fully saturated rings. The Balaban J connectivity index is 2.44. The largest absolute Gasteiger partial charge is 0.417 e. The fraction of sp³-hybridized carbons (Fsp3) is 0.231. The van der Waals surface area contributed by atoms with Crippen LogP contribution in [0.4, 0.5) is 13.2 Å². The number of alkyl halides is 3. The first-order valence-electron chi connectivity index (χ1n) is 5.67. The lowest BCUT2D eigenvalue weighted by Crippen LogP contribution is -2.13. The van der Waals surface area contributed by atoms with Crippen molar-refractivity contribution in [3.63, 3.8) is 0 Å². The molecule has 0 bridgehead atoms. The van der Waals surface area contributed by atoms with Crippen molar-refractivity contribution in [2.24, 2.45) is 0 Å². The quantitative estimate of drug-likeness (QED) is 0.801. The van der Waals surface area contributed by atoms with Gasteiger partial charge in [0.15, 0.2) is 5.78 Å². The van der Waals surface area contributed by atoms with E-state index in [1.54, 1.807) is 0 Å². The third kappa shape index (κ3) is 2.67. The molecular formula is C13H11F3N2O. The van der Waals surface area contributed by atoms with Gasteiger partial charge in [-0.1, -0.05) is 18.2 Å². The van der Waals surface area contributed by atoms with Crippen LogP contribution in [0.1, 0.15) is 28.4 Å². The van der Waals surface area contributed by atoms with E-state index in [1.807, 2.05) is 6.92 Å². The third-order valence-electron chi connectivity index (χ3n) is 2.70. The van der Waals surface area contributed by atoms with Gasteiger partial charge >= 0.3 is 6.18 Å². The van der Waals surface area contributed by atoms with Crippen molar-refractivity contribution in [2.45, 2.75) is 19.6 Å². The van der Waals surface area contributed by atoms with Gasteiger partial charge < -0.3 is 0 Å². The maximum atomic E-state index is 12.8. The van der Waals surface area contributed by atoms with Crippen molar-refractivity contribution in [1.82, 2.24) is 9.78 Å². The highest BCUT2D eigenvalue weighted by atomic mass is 19.4. The number of nitrogens with zero attached hydrogens (tertiary/aromatic N) is 2. The van der Waals surface area contributed by atoms with Gasteiger partial charge in [0, 0.05) is 18.3 Å². The highest BCUT2D eigenvalue weighted by Gasteiger charge is 2.35. The number of ketones is 1. The Bertz CT molecular complexity index is 602. The second-order valence-electron chi connectivity index (χ2n) is 3.96. The van der Waals surface area contributed by atoms with Crippen LogP contribution >= 0.6 is 0 Å². The molecule has 0 aliphatic rings. The highest BCUT2D eigenvalue weighted by Crippen LogP contribution is 2.32. The first-order valence-corrected chi connectivity index (χ1v) is 5.67. The van der Waals surface area contributed by atoms with E-state index in [1.165, 1.54) is 35.3 Å². The van der Waals surface area contributed by atoms with Crippen LogP contribution in [-0.2, 0) is 12.7 Å². The van der Waals surface area contributed by atoms with Crippen molar-refractivity contribution >= 4 is 5.78 Å². The molecule has 0 aliphatic carbocycles. The Morgan fingerprint density at radius 3 is 2.58 bits per heavy atom. The smallest absolute Gasteiger partial charge is 0.288 e. The van der Waals surface area contributed by atoms with Gasteiger partial charge in [-0.15, -0.1) is 0 Å². The number of hydrogen-bond donors (Lipinski definition) is 0. The Hall–Kier alpha value is -2.11. The van der Waals surface area contributed by atoms with E-state index in [0.29, 0.717) is 6.54 Å². The normalized spacial score (nSPS) is 11.6. The Morgan fingerprint density at radius 2 is 2.00 bits per heavy atom. The zero-order chi connectivity index (χ0) is 14.0. The van der Waals surface area contributed by atoms with Crippen molar-refractivity contribution in [2.75, 3.05) is 0 Å². The van der Waals surface area contributed by atoms with Gasteiger partial charge in [-0.3, -0.25) is 9.48 Å². The molecule has 2 aromatic rings. The van der Waals surface area contributed by atoms with Crippen LogP contribution in [0, 0.1) is 0 Å². The number of aromatic nitrogens is 2. The van der Waals surface area contributed by atoms with E-state index in [9.17, 15) is 18.0 Å². The molecule has 1 aromatic carbocycles. The third-order valence-corrected chi connectivity index (χ3v) is 2.70. The summed E-state index contributed by atoms with van der Waals surface area (Å²) in [7, 11) is 0. The number of hydrogen-bond acceptors (Lipinski definition) is 2. The number of rotatable bonds is 3. The van der Waals surface area contributed by atoms with Crippen molar-refractivity contribution in [1.29, 1.82) is 0 Å². The van der Waals surface area contributed by atoms with Crippen molar-refractivity contribution in [3.8, 4) is 0 Å². The summed E-state index contributed by atoms with van der Waals surface area (Å²) < 4.78 is 40.0. The standard InChI is InChI=1S/C13H11F3N2O/c1-2-18-8-9(7-17-18)12(19)10-5-3-4-6-11(10)13(14,15)16/h3-8H,2H2,1H3. The summed E-state index contributed by atoms with van der Waals surface area (Å²) in [5.74, 6) is -0.673. The van der Waals surface area contributed by atoms with E-state index in [4.69, 9.17) is 0 Å². The molecule has 0 aliphatic heterocycles. The molecule has 0 saturated carbocycles. The Morgan fingerprint density at radius 1 is 1.32 bits per heavy atom. The monoisotopic (exact) mass is 268 g/mol. The molecule has 3 nitrogen and oxygen atoms in total. The summed E-state index contributed by atoms with van der Waals surface area (Å²) in [5, 5.41) is 3.89. The summed E-state index contributed by atoms with van der Waals surface area (Å²) in [6.45, 7) is 2.37. The minimum Gasteiger partial charge on any atom is -0.288 e. The fourth-order valence-electron chi connectivity index (χ4n) is 1.74. The zero-order valence-electron chi connectivity index (χ0n) is 10.1. The fourth-order valence-corrected chi connectivity index (χ4v) is 1.74. The zero-order valence-corrected chi connectivity index (χ0v) is 10.1. The molecule has 0 N–H and O–H groups in total. The van der Waals surface area contributed by atoms with E-state index in [2.05, 4.69) is 5.10 Å². The predicted molar refractivity (Wildman–Crippen MR) is 62.8 cm³/mol. The van der Waals surface area contributed by atoms with Crippen LogP contribution in [0.15, 0.2) is 36.7 Å². The highest BCUT2D eigenvalue weighted by molar-refractivity contribution is 6.09. The van der Waals surface area contributed by atoms with Crippen LogP contribution in [0.25, 0.3) is 0 Å². The second kappa shape index (κ2) is 4.87. The molecule has 1 heterocycles. The lowest BCUT2D eigenvalue weighted by atomic mass is 10.00. The van der Waals surface area contributed by atoms with E-state index in [0.717, 1.165) is 6.07 Å². The lowest BCUT2D eigenvalue weighted by molar-refractivity contribution is -0.137. The van der Waals surface area contributed by atoms with Gasteiger partial charge in [0.2, 0.25) is 0 Å². The number of benzene rings is 1. The lowest BCUT2D eigenvalue weighted by Gasteiger charge is -2.10. The van der Waals surface area contributed by atoms with Crippen LogP contribution in [0.5, 0.6) is 0 Å². The number of aryl methyl sites for hydroxylation is 1. The first kappa shape index (κ1) is 13.3. The predicted octanol–water partition coefficient (Wildman–Crippen LogP) is 3.15. The SMILES string of the molecule is CCn1cc(C(=O)c2ccccc2C(F)(F)F)cn1. The van der Waals surface area contributed by atoms with Crippen LogP contribution < -0.4 is 0 Å². The summed E-state index contributed by atoms with van der Waals surface area (Å²) in [4.78, 5) is 12.1. The van der Waals surface area contributed by atoms with Gasteiger partial charge in [0.1, 0.15) is 0 Å². The van der Waals surface area contributed by atoms with Crippen LogP contribution in [0.3, 0.4) is 0 Å². The van der Waals surface area contributed by atoms with E-state index >= 15 is 0 Å². The maximum Gasteiger partial charge on any atom is 0.417 e. The maximum absolute atomic E-state index is 12.8. The minimum absolute atomic E-state index is 0.151. The van der Waals surface area contributed by atoms with Gasteiger partial charge in [-0.05, 0) is 13.0 Å². The second-order valence-corrected chi connectivity index (χ2v) is 3.96. The van der Waals surface area contributed by atoms with Crippen molar-refractivity contribution < 1.29 is 18.0 Å². The molecule has 100 valence electrons. The van der Waals surface area contributed by atoms with Crippen LogP contribution in [-0.4, -0.2) is 15.6 Å². The molecule has 0 atom stereocenters. The summed E-state index contributed by atoms with van der Waals surface area (Å²) in [6.07, 6.45) is -1.83. The van der Waals surface area contributed by atoms with E-state index in [-0.39, 0.29) is 11.1 Å². The Kier molecular flexibility index (Phi) is 3.42. The molecule has 0 amide bonds. The Labute approximate surface area is 107 Å². The molecule has 6 heteroatoms. The average molecular weight is 268 g/mol. The first-order chi connectivity index (χ1) is 8.93. The topological polar surface area (TPSA) is 34.9 Å². The molecule has 1 aromatic heterocycles. The van der Waals surface area contributed by atoms with Crippen LogP contribution in [0.2, 0.25) is 0 Å². The molecule has 0 unspecified atom stereocenters. The van der Waals surface area contributed by atoms with Gasteiger partial charge in [0.25, 0.3) is 0 Å². The number of carbonyl (C=O) groups is 1. The molecular weight excluding hydrogens is 257 g/mol. The molecule has 2 rings (SSSR count). The van der Waals surface area contributed by atoms with Gasteiger partial charge in [-0.25, -0.2) is 0 Å². The number of carbonyl (C=O) groups excluding carboxylic acids is 1. The molecule has 0 radical (unpaired) electrons. The summed E-state index contributed by atoms with van der Waals surface area (Å²) >= 11 is 0. The number of halogens is 3. The van der Waals surface area contributed by atoms with Gasteiger partial charge in [0.05, 0.1) is 17.3 Å². The minimum atomic E-state index is -4.55. The molecule has 19 heavy (non-hydrogen) atoms. The average Bonchev–Trinajstić information content (AvgIpc) is 2.85. The van der Waals surface area contributed by atoms with E-state index < -0.39 is 17.5 Å². The molecule has 0 spiro atoms. The van der Waals surface area contributed by atoms with Crippen molar-refractivity contribution in [3.05, 3.63) is 53.3 Å².